The Kier molecular flexibility index (Phi) is 4.65. The van der Waals surface area contributed by atoms with Gasteiger partial charge in [-0.15, -0.1) is 11.8 Å². The van der Waals surface area contributed by atoms with Crippen LogP contribution in [0.25, 0.3) is 0 Å². The van der Waals surface area contributed by atoms with Crippen LogP contribution in [0.5, 0.6) is 0 Å². The van der Waals surface area contributed by atoms with E-state index in [2.05, 4.69) is 54.5 Å². The third-order valence-electron chi connectivity index (χ3n) is 2.72. The lowest BCUT2D eigenvalue weighted by molar-refractivity contribution is 1.08. The van der Waals surface area contributed by atoms with Gasteiger partial charge < -0.3 is 5.32 Å². The van der Waals surface area contributed by atoms with E-state index >= 15 is 0 Å². The first-order chi connectivity index (χ1) is 8.79. The van der Waals surface area contributed by atoms with Gasteiger partial charge in [-0.25, -0.2) is 4.98 Å². The number of benzene rings is 1. The minimum Gasteiger partial charge on any atom is -0.370 e. The van der Waals surface area contributed by atoms with Crippen molar-refractivity contribution in [1.29, 1.82) is 0 Å². The zero-order valence-electron chi connectivity index (χ0n) is 10.8. The van der Waals surface area contributed by atoms with Crippen LogP contribution in [0.15, 0.2) is 47.5 Å². The zero-order chi connectivity index (χ0) is 12.8. The summed E-state index contributed by atoms with van der Waals surface area (Å²) in [6.07, 6.45) is 0. The highest BCUT2D eigenvalue weighted by atomic mass is 32.2. The first-order valence-corrected chi connectivity index (χ1v) is 7.16. The van der Waals surface area contributed by atoms with E-state index in [9.17, 15) is 0 Å². The molecule has 0 aliphatic heterocycles. The number of aromatic nitrogens is 1. The van der Waals surface area contributed by atoms with Gasteiger partial charge in [0, 0.05) is 12.3 Å². The summed E-state index contributed by atoms with van der Waals surface area (Å²) in [6.45, 7) is 5.13. The van der Waals surface area contributed by atoms with Crippen molar-refractivity contribution in [1.82, 2.24) is 4.98 Å². The fourth-order valence-electron chi connectivity index (χ4n) is 1.70. The lowest BCUT2D eigenvalue weighted by Gasteiger charge is -2.07. The van der Waals surface area contributed by atoms with Gasteiger partial charge >= 0.3 is 0 Å². The molecule has 3 heteroatoms. The minimum atomic E-state index is 0.902. The summed E-state index contributed by atoms with van der Waals surface area (Å²) in [5, 5.41) is 4.30. The zero-order valence-corrected chi connectivity index (χ0v) is 11.6. The molecule has 0 fully saturated rings. The Bertz CT molecular complexity index is 511. The molecule has 0 saturated carbocycles. The van der Waals surface area contributed by atoms with Crippen molar-refractivity contribution >= 4 is 17.6 Å². The maximum absolute atomic E-state index is 4.56. The molecule has 1 N–H and O–H groups in total. The Morgan fingerprint density at radius 3 is 2.72 bits per heavy atom. The molecule has 0 bridgehead atoms. The van der Waals surface area contributed by atoms with Crippen LogP contribution in [0.1, 0.15) is 18.1 Å². The minimum absolute atomic E-state index is 0.902. The Morgan fingerprint density at radius 2 is 1.94 bits per heavy atom. The van der Waals surface area contributed by atoms with Crippen LogP contribution in [0, 0.1) is 6.92 Å². The smallest absolute Gasteiger partial charge is 0.127 e. The van der Waals surface area contributed by atoms with E-state index in [0.29, 0.717) is 0 Å². The quantitative estimate of drug-likeness (QED) is 0.817. The SMILES string of the molecule is CCNc1cccc(SCc2ccccc2C)n1. The first-order valence-electron chi connectivity index (χ1n) is 6.18. The molecule has 0 unspecified atom stereocenters. The van der Waals surface area contributed by atoms with Gasteiger partial charge in [0.1, 0.15) is 5.82 Å². The van der Waals surface area contributed by atoms with Crippen LogP contribution in [0.3, 0.4) is 0 Å². The standard InChI is InChI=1S/C15H18N2S/c1-3-16-14-9-6-10-15(17-14)18-11-13-8-5-4-7-12(13)2/h4-10H,3,11H2,1-2H3,(H,16,17). The maximum atomic E-state index is 4.56. The summed E-state index contributed by atoms with van der Waals surface area (Å²) in [5.41, 5.74) is 2.71. The van der Waals surface area contributed by atoms with Crippen molar-refractivity contribution in [2.75, 3.05) is 11.9 Å². The molecule has 1 heterocycles. The molecule has 0 aliphatic carbocycles. The monoisotopic (exact) mass is 258 g/mol. The number of rotatable bonds is 5. The average Bonchev–Trinajstić information content (AvgIpc) is 2.39. The van der Waals surface area contributed by atoms with E-state index in [1.54, 1.807) is 11.8 Å². The number of anilines is 1. The molecule has 0 amide bonds. The molecule has 0 radical (unpaired) electrons. The highest BCUT2D eigenvalue weighted by Crippen LogP contribution is 2.23. The molecule has 18 heavy (non-hydrogen) atoms. The highest BCUT2D eigenvalue weighted by molar-refractivity contribution is 7.98. The van der Waals surface area contributed by atoms with Gasteiger partial charge in [0.25, 0.3) is 0 Å². The molecular weight excluding hydrogens is 240 g/mol. The number of nitrogens with one attached hydrogen (secondary N) is 1. The summed E-state index contributed by atoms with van der Waals surface area (Å²) in [7, 11) is 0. The van der Waals surface area contributed by atoms with Gasteiger partial charge in [-0.2, -0.15) is 0 Å². The summed E-state index contributed by atoms with van der Waals surface area (Å²) >= 11 is 1.78. The number of aryl methyl sites for hydroxylation is 1. The third-order valence-corrected chi connectivity index (χ3v) is 3.70. The molecule has 2 aromatic rings. The van der Waals surface area contributed by atoms with E-state index in [-0.39, 0.29) is 0 Å². The van der Waals surface area contributed by atoms with Crippen LogP contribution in [0.4, 0.5) is 5.82 Å². The van der Waals surface area contributed by atoms with Gasteiger partial charge in [-0.1, -0.05) is 30.3 Å². The van der Waals surface area contributed by atoms with E-state index in [4.69, 9.17) is 0 Å². The molecule has 0 atom stereocenters. The molecule has 0 saturated heterocycles. The molecule has 94 valence electrons. The van der Waals surface area contributed by atoms with E-state index in [1.165, 1.54) is 11.1 Å². The Hall–Kier alpha value is -1.48. The lowest BCUT2D eigenvalue weighted by atomic mass is 10.1. The van der Waals surface area contributed by atoms with Gasteiger partial charge in [-0.3, -0.25) is 0 Å². The van der Waals surface area contributed by atoms with E-state index < -0.39 is 0 Å². The number of thioether (sulfide) groups is 1. The Labute approximate surface area is 113 Å². The summed E-state index contributed by atoms with van der Waals surface area (Å²) in [5.74, 6) is 1.92. The van der Waals surface area contributed by atoms with Crippen LogP contribution < -0.4 is 5.32 Å². The lowest BCUT2D eigenvalue weighted by Crippen LogP contribution is -1.99. The van der Waals surface area contributed by atoms with Crippen molar-refractivity contribution < 1.29 is 0 Å². The first kappa shape index (κ1) is 13.0. The average molecular weight is 258 g/mol. The van der Waals surface area contributed by atoms with Crippen LogP contribution >= 0.6 is 11.8 Å². The molecule has 0 spiro atoms. The van der Waals surface area contributed by atoms with Gasteiger partial charge in [0.05, 0.1) is 5.03 Å². The fourth-order valence-corrected chi connectivity index (χ4v) is 2.66. The topological polar surface area (TPSA) is 24.9 Å². The number of pyridine rings is 1. The van der Waals surface area contributed by atoms with Gasteiger partial charge in [0.15, 0.2) is 0 Å². The number of hydrogen-bond donors (Lipinski definition) is 1. The summed E-state index contributed by atoms with van der Waals surface area (Å²) < 4.78 is 0. The highest BCUT2D eigenvalue weighted by Gasteiger charge is 2.01. The largest absolute Gasteiger partial charge is 0.370 e. The van der Waals surface area contributed by atoms with Crippen molar-refractivity contribution in [2.24, 2.45) is 0 Å². The second-order valence-electron chi connectivity index (χ2n) is 4.11. The second-order valence-corrected chi connectivity index (χ2v) is 5.10. The number of nitrogens with zero attached hydrogens (tertiary/aromatic N) is 1. The normalized spacial score (nSPS) is 10.3. The molecule has 1 aromatic carbocycles. The Morgan fingerprint density at radius 1 is 1.11 bits per heavy atom. The van der Waals surface area contributed by atoms with Gasteiger partial charge in [0.2, 0.25) is 0 Å². The van der Waals surface area contributed by atoms with Crippen molar-refractivity contribution in [3.05, 3.63) is 53.6 Å². The van der Waals surface area contributed by atoms with E-state index in [1.807, 2.05) is 12.1 Å². The molecule has 0 aliphatic rings. The van der Waals surface area contributed by atoms with Crippen molar-refractivity contribution in [2.45, 2.75) is 24.6 Å². The summed E-state index contributed by atoms with van der Waals surface area (Å²) in [4.78, 5) is 4.56. The Balaban J connectivity index is 2.02. The molecule has 1 aromatic heterocycles. The summed E-state index contributed by atoms with van der Waals surface area (Å²) in [6, 6.07) is 14.6. The number of hydrogen-bond acceptors (Lipinski definition) is 3. The molecule has 2 rings (SSSR count). The molecule has 2 nitrogen and oxygen atoms in total. The van der Waals surface area contributed by atoms with Crippen molar-refractivity contribution in [3.63, 3.8) is 0 Å². The van der Waals surface area contributed by atoms with Gasteiger partial charge in [-0.05, 0) is 37.1 Å². The molecular formula is C15H18N2S. The predicted octanol–water partition coefficient (Wildman–Crippen LogP) is 4.11. The van der Waals surface area contributed by atoms with Crippen molar-refractivity contribution in [3.8, 4) is 0 Å². The van der Waals surface area contributed by atoms with Crippen LogP contribution in [-0.4, -0.2) is 11.5 Å². The third kappa shape index (κ3) is 3.50. The van der Waals surface area contributed by atoms with E-state index in [0.717, 1.165) is 23.1 Å². The fraction of sp³-hybridized carbons (Fsp3) is 0.267. The maximum Gasteiger partial charge on any atom is 0.127 e. The predicted molar refractivity (Wildman–Crippen MR) is 79.1 cm³/mol. The van der Waals surface area contributed by atoms with Crippen LogP contribution in [0.2, 0.25) is 0 Å². The van der Waals surface area contributed by atoms with Crippen LogP contribution in [-0.2, 0) is 5.75 Å². The second kappa shape index (κ2) is 6.45.